The second-order valence-electron chi connectivity index (χ2n) is 5.19. The monoisotopic (exact) mass is 267 g/mol. The van der Waals surface area contributed by atoms with Crippen molar-refractivity contribution in [1.82, 2.24) is 0 Å². The van der Waals surface area contributed by atoms with Crippen molar-refractivity contribution in [2.45, 2.75) is 37.8 Å². The summed E-state index contributed by atoms with van der Waals surface area (Å²) in [6, 6.07) is 3.65. The molecule has 0 aliphatic heterocycles. The minimum Gasteiger partial charge on any atom is -0.493 e. The first kappa shape index (κ1) is 14.1. The molecule has 4 heteroatoms. The minimum absolute atomic E-state index is 0.0963. The highest BCUT2D eigenvalue weighted by Gasteiger charge is 2.36. The maximum absolute atomic E-state index is 13.4. The molecule has 2 N–H and O–H groups in total. The molecule has 0 unspecified atom stereocenters. The predicted octanol–water partition coefficient (Wildman–Crippen LogP) is 2.94. The van der Waals surface area contributed by atoms with Crippen LogP contribution in [0.5, 0.6) is 11.5 Å². The zero-order valence-corrected chi connectivity index (χ0v) is 11.7. The summed E-state index contributed by atoms with van der Waals surface area (Å²) in [5.74, 6) is 1.22. The first-order valence-corrected chi connectivity index (χ1v) is 6.72. The van der Waals surface area contributed by atoms with Gasteiger partial charge in [-0.05, 0) is 36.1 Å². The standard InChI is InChI=1S/C15H22FNO2/c1-18-13-7-11(9-16)12(8-14(13)19-2)15(10-17)5-3-4-6-15/h7-8H,3-6,9-10,17H2,1-2H3. The van der Waals surface area contributed by atoms with Crippen molar-refractivity contribution in [3.05, 3.63) is 23.3 Å². The highest BCUT2D eigenvalue weighted by atomic mass is 19.1. The number of hydrogen-bond acceptors (Lipinski definition) is 3. The van der Waals surface area contributed by atoms with Gasteiger partial charge < -0.3 is 15.2 Å². The molecule has 1 aromatic rings. The average molecular weight is 267 g/mol. The van der Waals surface area contributed by atoms with Crippen LogP contribution in [0.1, 0.15) is 36.8 Å². The molecule has 3 nitrogen and oxygen atoms in total. The number of ether oxygens (including phenoxy) is 2. The van der Waals surface area contributed by atoms with Crippen LogP contribution in [0, 0.1) is 0 Å². The van der Waals surface area contributed by atoms with E-state index < -0.39 is 6.67 Å². The Balaban J connectivity index is 2.54. The van der Waals surface area contributed by atoms with Gasteiger partial charge in [0.2, 0.25) is 0 Å². The van der Waals surface area contributed by atoms with Crippen LogP contribution in [-0.4, -0.2) is 20.8 Å². The average Bonchev–Trinajstić information content (AvgIpc) is 2.95. The van der Waals surface area contributed by atoms with E-state index in [1.165, 1.54) is 0 Å². The van der Waals surface area contributed by atoms with Crippen molar-refractivity contribution in [3.8, 4) is 11.5 Å². The Morgan fingerprint density at radius 2 is 1.74 bits per heavy atom. The molecule has 0 amide bonds. The summed E-state index contributed by atoms with van der Waals surface area (Å²) in [6.45, 7) is 0.0485. The fourth-order valence-corrected chi connectivity index (χ4v) is 3.16. The van der Waals surface area contributed by atoms with Gasteiger partial charge in [-0.1, -0.05) is 12.8 Å². The summed E-state index contributed by atoms with van der Waals surface area (Å²) < 4.78 is 23.9. The maximum Gasteiger partial charge on any atom is 0.161 e. The van der Waals surface area contributed by atoms with Crippen LogP contribution >= 0.6 is 0 Å². The topological polar surface area (TPSA) is 44.5 Å². The molecule has 2 rings (SSSR count). The molecule has 0 atom stereocenters. The molecule has 106 valence electrons. The fourth-order valence-electron chi connectivity index (χ4n) is 3.16. The summed E-state index contributed by atoms with van der Waals surface area (Å²) in [6.07, 6.45) is 4.34. The van der Waals surface area contributed by atoms with Gasteiger partial charge in [0.15, 0.2) is 11.5 Å². The highest BCUT2D eigenvalue weighted by Crippen LogP contribution is 2.45. The molecule has 1 saturated carbocycles. The summed E-state index contributed by atoms with van der Waals surface area (Å²) in [5, 5.41) is 0. The lowest BCUT2D eigenvalue weighted by molar-refractivity contribution is 0.349. The van der Waals surface area contributed by atoms with Crippen molar-refractivity contribution in [1.29, 1.82) is 0 Å². The number of benzene rings is 1. The van der Waals surface area contributed by atoms with E-state index in [-0.39, 0.29) is 5.41 Å². The van der Waals surface area contributed by atoms with E-state index in [1.807, 2.05) is 6.07 Å². The molecule has 1 aromatic carbocycles. The van der Waals surface area contributed by atoms with Gasteiger partial charge in [-0.15, -0.1) is 0 Å². The van der Waals surface area contributed by atoms with Crippen LogP contribution in [0.25, 0.3) is 0 Å². The molecule has 0 radical (unpaired) electrons. The zero-order valence-electron chi connectivity index (χ0n) is 11.7. The largest absolute Gasteiger partial charge is 0.493 e. The van der Waals surface area contributed by atoms with Crippen LogP contribution in [0.2, 0.25) is 0 Å². The third kappa shape index (κ3) is 2.41. The molecule has 19 heavy (non-hydrogen) atoms. The molecule has 1 fully saturated rings. The first-order valence-electron chi connectivity index (χ1n) is 6.72. The normalized spacial score (nSPS) is 17.5. The lowest BCUT2D eigenvalue weighted by Crippen LogP contribution is -2.33. The van der Waals surface area contributed by atoms with Gasteiger partial charge in [0.1, 0.15) is 6.67 Å². The van der Waals surface area contributed by atoms with Gasteiger partial charge in [-0.25, -0.2) is 4.39 Å². The summed E-state index contributed by atoms with van der Waals surface area (Å²) >= 11 is 0. The Kier molecular flexibility index (Phi) is 4.30. The summed E-state index contributed by atoms with van der Waals surface area (Å²) in [4.78, 5) is 0. The van der Waals surface area contributed by atoms with Crippen LogP contribution in [-0.2, 0) is 12.1 Å². The van der Waals surface area contributed by atoms with Crippen LogP contribution in [0.3, 0.4) is 0 Å². The van der Waals surface area contributed by atoms with E-state index in [2.05, 4.69) is 0 Å². The molecular formula is C15H22FNO2. The number of rotatable bonds is 5. The quantitative estimate of drug-likeness (QED) is 0.892. The van der Waals surface area contributed by atoms with Crippen molar-refractivity contribution in [2.75, 3.05) is 20.8 Å². The lowest BCUT2D eigenvalue weighted by Gasteiger charge is -2.30. The van der Waals surface area contributed by atoms with Gasteiger partial charge in [0.25, 0.3) is 0 Å². The summed E-state index contributed by atoms with van der Waals surface area (Å²) in [7, 11) is 3.16. The van der Waals surface area contributed by atoms with E-state index >= 15 is 0 Å². The van der Waals surface area contributed by atoms with Crippen molar-refractivity contribution < 1.29 is 13.9 Å². The van der Waals surface area contributed by atoms with Gasteiger partial charge in [0.05, 0.1) is 14.2 Å². The summed E-state index contributed by atoms with van der Waals surface area (Å²) in [5.41, 5.74) is 7.56. The number of alkyl halides is 1. The van der Waals surface area contributed by atoms with E-state index in [4.69, 9.17) is 15.2 Å². The highest BCUT2D eigenvalue weighted by molar-refractivity contribution is 5.50. The molecule has 1 aliphatic rings. The first-order chi connectivity index (χ1) is 9.20. The predicted molar refractivity (Wildman–Crippen MR) is 73.6 cm³/mol. The Morgan fingerprint density at radius 1 is 1.16 bits per heavy atom. The van der Waals surface area contributed by atoms with Gasteiger partial charge >= 0.3 is 0 Å². The number of halogens is 1. The van der Waals surface area contributed by atoms with Gasteiger partial charge in [0, 0.05) is 12.0 Å². The Bertz CT molecular complexity index is 442. The maximum atomic E-state index is 13.4. The Hall–Kier alpha value is -1.29. The van der Waals surface area contributed by atoms with Crippen molar-refractivity contribution >= 4 is 0 Å². The van der Waals surface area contributed by atoms with E-state index in [9.17, 15) is 4.39 Å². The fraction of sp³-hybridized carbons (Fsp3) is 0.600. The third-order valence-electron chi connectivity index (χ3n) is 4.28. The smallest absolute Gasteiger partial charge is 0.161 e. The molecular weight excluding hydrogens is 245 g/mol. The third-order valence-corrected chi connectivity index (χ3v) is 4.28. The van der Waals surface area contributed by atoms with E-state index in [1.54, 1.807) is 20.3 Å². The van der Waals surface area contributed by atoms with Crippen LogP contribution in [0.15, 0.2) is 12.1 Å². The molecule has 1 aliphatic carbocycles. The van der Waals surface area contributed by atoms with Crippen LogP contribution in [0.4, 0.5) is 4.39 Å². The van der Waals surface area contributed by atoms with Crippen molar-refractivity contribution in [3.63, 3.8) is 0 Å². The Labute approximate surface area is 113 Å². The Morgan fingerprint density at radius 3 is 2.21 bits per heavy atom. The second kappa shape index (κ2) is 5.78. The van der Waals surface area contributed by atoms with E-state index in [0.717, 1.165) is 31.2 Å². The number of hydrogen-bond donors (Lipinski definition) is 1. The molecule has 0 spiro atoms. The SMILES string of the molecule is COc1cc(CF)c(C2(CN)CCCC2)cc1OC. The molecule has 0 heterocycles. The van der Waals surface area contributed by atoms with Crippen LogP contribution < -0.4 is 15.2 Å². The molecule has 0 aromatic heterocycles. The zero-order chi connectivity index (χ0) is 13.9. The number of nitrogens with two attached hydrogens (primary N) is 1. The molecule has 0 saturated heterocycles. The minimum atomic E-state index is -0.503. The van der Waals surface area contributed by atoms with Crippen molar-refractivity contribution in [2.24, 2.45) is 5.73 Å². The van der Waals surface area contributed by atoms with Gasteiger partial charge in [-0.3, -0.25) is 0 Å². The number of methoxy groups -OCH3 is 2. The van der Waals surface area contributed by atoms with Gasteiger partial charge in [-0.2, -0.15) is 0 Å². The second-order valence-corrected chi connectivity index (χ2v) is 5.19. The molecule has 0 bridgehead atoms. The lowest BCUT2D eigenvalue weighted by atomic mass is 9.76. The van der Waals surface area contributed by atoms with E-state index in [0.29, 0.717) is 23.6 Å².